The van der Waals surface area contributed by atoms with Gasteiger partial charge in [-0.3, -0.25) is 4.79 Å². The molecule has 0 aromatic heterocycles. The highest BCUT2D eigenvalue weighted by molar-refractivity contribution is 6.08. The van der Waals surface area contributed by atoms with Gasteiger partial charge in [-0.2, -0.15) is 0 Å². The van der Waals surface area contributed by atoms with E-state index in [1.807, 2.05) is 30.3 Å². The van der Waals surface area contributed by atoms with E-state index in [1.165, 1.54) is 7.11 Å². The van der Waals surface area contributed by atoms with Gasteiger partial charge in [0.1, 0.15) is 5.75 Å². The lowest BCUT2D eigenvalue weighted by molar-refractivity contribution is 0.0602. The molecule has 136 valence electrons. The van der Waals surface area contributed by atoms with Crippen LogP contribution in [0.25, 0.3) is 11.1 Å². The Morgan fingerprint density at radius 3 is 2.26 bits per heavy atom. The third-order valence-electron chi connectivity index (χ3n) is 4.11. The molecule has 0 aliphatic rings. The van der Waals surface area contributed by atoms with Crippen LogP contribution in [0.1, 0.15) is 20.7 Å². The average molecular weight is 361 g/mol. The Bertz CT molecular complexity index is 967. The van der Waals surface area contributed by atoms with Crippen molar-refractivity contribution in [2.45, 2.75) is 0 Å². The van der Waals surface area contributed by atoms with E-state index in [4.69, 9.17) is 9.47 Å². The second-order valence-electron chi connectivity index (χ2n) is 5.80. The summed E-state index contributed by atoms with van der Waals surface area (Å²) in [6, 6.07) is 21.6. The predicted molar refractivity (Wildman–Crippen MR) is 104 cm³/mol. The maximum Gasteiger partial charge on any atom is 0.339 e. The van der Waals surface area contributed by atoms with Gasteiger partial charge in [-0.1, -0.05) is 36.4 Å². The second-order valence-corrected chi connectivity index (χ2v) is 5.80. The smallest absolute Gasteiger partial charge is 0.339 e. The molecular formula is C22H19NO4. The predicted octanol–water partition coefficient (Wildman–Crippen LogP) is 4.40. The molecule has 0 aliphatic heterocycles. The lowest BCUT2D eigenvalue weighted by Gasteiger charge is -2.13. The Balaban J connectivity index is 2.00. The largest absolute Gasteiger partial charge is 0.497 e. The van der Waals surface area contributed by atoms with Crippen LogP contribution < -0.4 is 10.1 Å². The minimum atomic E-state index is -0.518. The number of carbonyl (C=O) groups excluding carboxylic acids is 2. The van der Waals surface area contributed by atoms with Gasteiger partial charge >= 0.3 is 5.97 Å². The highest BCUT2D eigenvalue weighted by atomic mass is 16.5. The Hall–Kier alpha value is -3.60. The Kier molecular flexibility index (Phi) is 5.52. The number of amides is 1. The molecule has 1 amide bonds. The van der Waals surface area contributed by atoms with E-state index in [1.54, 1.807) is 49.6 Å². The molecule has 0 spiro atoms. The number of hydrogen-bond acceptors (Lipinski definition) is 4. The lowest BCUT2D eigenvalue weighted by atomic mass is 10.0. The summed E-state index contributed by atoms with van der Waals surface area (Å²) in [4.78, 5) is 24.6. The molecule has 0 heterocycles. The van der Waals surface area contributed by atoms with Gasteiger partial charge in [0.05, 0.1) is 25.5 Å². The van der Waals surface area contributed by atoms with Gasteiger partial charge in [0, 0.05) is 5.56 Å². The summed E-state index contributed by atoms with van der Waals surface area (Å²) < 4.78 is 10.1. The number of anilines is 1. The first kappa shape index (κ1) is 18.2. The highest BCUT2D eigenvalue weighted by Gasteiger charge is 2.16. The topological polar surface area (TPSA) is 64.6 Å². The van der Waals surface area contributed by atoms with Crippen LogP contribution >= 0.6 is 0 Å². The maximum atomic E-state index is 12.5. The normalized spacial score (nSPS) is 10.1. The van der Waals surface area contributed by atoms with Crippen LogP contribution in [-0.4, -0.2) is 26.1 Å². The van der Waals surface area contributed by atoms with Crippen molar-refractivity contribution in [2.24, 2.45) is 0 Å². The molecule has 3 rings (SSSR count). The second kappa shape index (κ2) is 8.19. The van der Waals surface area contributed by atoms with Crippen molar-refractivity contribution in [3.8, 4) is 16.9 Å². The zero-order chi connectivity index (χ0) is 19.2. The van der Waals surface area contributed by atoms with Gasteiger partial charge in [0.25, 0.3) is 5.91 Å². The van der Waals surface area contributed by atoms with Crippen molar-refractivity contribution in [2.75, 3.05) is 19.5 Å². The molecular weight excluding hydrogens is 342 g/mol. The summed E-state index contributed by atoms with van der Waals surface area (Å²) in [6.45, 7) is 0. The van der Waals surface area contributed by atoms with Gasteiger partial charge < -0.3 is 14.8 Å². The molecule has 3 aromatic carbocycles. The van der Waals surface area contributed by atoms with Gasteiger partial charge in [0.15, 0.2) is 0 Å². The molecule has 0 radical (unpaired) electrons. The van der Waals surface area contributed by atoms with Crippen molar-refractivity contribution in [3.05, 3.63) is 83.9 Å². The molecule has 0 fully saturated rings. The first-order valence-electron chi connectivity index (χ1n) is 8.35. The summed E-state index contributed by atoms with van der Waals surface area (Å²) in [6.07, 6.45) is 0. The number of rotatable bonds is 5. The van der Waals surface area contributed by atoms with Crippen molar-refractivity contribution in [1.29, 1.82) is 0 Å². The molecule has 27 heavy (non-hydrogen) atoms. The molecule has 0 saturated carbocycles. The number of hydrogen-bond donors (Lipinski definition) is 1. The third kappa shape index (κ3) is 4.15. The summed E-state index contributed by atoms with van der Waals surface area (Å²) in [7, 11) is 2.91. The number of benzene rings is 3. The van der Waals surface area contributed by atoms with E-state index in [2.05, 4.69) is 5.32 Å². The Morgan fingerprint density at radius 2 is 1.56 bits per heavy atom. The monoisotopic (exact) mass is 361 g/mol. The van der Waals surface area contributed by atoms with Crippen LogP contribution in [-0.2, 0) is 4.74 Å². The lowest BCUT2D eigenvalue weighted by Crippen LogP contribution is -2.15. The highest BCUT2D eigenvalue weighted by Crippen LogP contribution is 2.29. The van der Waals surface area contributed by atoms with E-state index >= 15 is 0 Å². The summed E-state index contributed by atoms with van der Waals surface area (Å²) in [5.74, 6) is -0.0986. The Morgan fingerprint density at radius 1 is 0.815 bits per heavy atom. The number of methoxy groups -OCH3 is 2. The fraction of sp³-hybridized carbons (Fsp3) is 0.0909. The number of carbonyl (C=O) groups is 2. The van der Waals surface area contributed by atoms with E-state index in [9.17, 15) is 9.59 Å². The van der Waals surface area contributed by atoms with Crippen LogP contribution in [0.3, 0.4) is 0 Å². The molecule has 0 bridgehead atoms. The fourth-order valence-corrected chi connectivity index (χ4v) is 2.70. The van der Waals surface area contributed by atoms with Crippen molar-refractivity contribution in [1.82, 2.24) is 0 Å². The molecule has 3 aromatic rings. The van der Waals surface area contributed by atoms with E-state index < -0.39 is 5.97 Å². The van der Waals surface area contributed by atoms with Crippen LogP contribution in [0.2, 0.25) is 0 Å². The number of nitrogens with one attached hydrogen (secondary N) is 1. The zero-order valence-corrected chi connectivity index (χ0v) is 15.1. The summed E-state index contributed by atoms with van der Waals surface area (Å²) >= 11 is 0. The first-order chi connectivity index (χ1) is 13.1. The molecule has 0 atom stereocenters. The van der Waals surface area contributed by atoms with Gasteiger partial charge in [0.2, 0.25) is 0 Å². The average Bonchev–Trinajstić information content (AvgIpc) is 2.73. The standard InChI is InChI=1S/C22H19NO4/c1-26-18-10-6-9-16(13-18)17-11-12-19(22(25)27-2)20(14-17)23-21(24)15-7-4-3-5-8-15/h3-14H,1-2H3,(H,23,24). The van der Waals surface area contributed by atoms with Gasteiger partial charge in [-0.15, -0.1) is 0 Å². The van der Waals surface area contributed by atoms with Crippen molar-refractivity contribution in [3.63, 3.8) is 0 Å². The van der Waals surface area contributed by atoms with Gasteiger partial charge in [-0.05, 0) is 47.5 Å². The molecule has 1 N–H and O–H groups in total. The quantitative estimate of drug-likeness (QED) is 0.684. The maximum absolute atomic E-state index is 12.5. The van der Waals surface area contributed by atoms with E-state index in [-0.39, 0.29) is 11.5 Å². The van der Waals surface area contributed by atoms with Crippen molar-refractivity contribution < 1.29 is 19.1 Å². The SMILES string of the molecule is COC(=O)c1ccc(-c2cccc(OC)c2)cc1NC(=O)c1ccccc1. The molecule has 5 nitrogen and oxygen atoms in total. The summed E-state index contributed by atoms with van der Waals surface area (Å²) in [5.41, 5.74) is 2.91. The van der Waals surface area contributed by atoms with Crippen LogP contribution in [0.5, 0.6) is 5.75 Å². The minimum absolute atomic E-state index is 0.286. The Labute approximate surface area is 157 Å². The molecule has 5 heteroatoms. The fourth-order valence-electron chi connectivity index (χ4n) is 2.70. The van der Waals surface area contributed by atoms with Gasteiger partial charge in [-0.25, -0.2) is 4.79 Å². The molecule has 0 aliphatic carbocycles. The summed E-state index contributed by atoms with van der Waals surface area (Å²) in [5, 5.41) is 2.81. The number of ether oxygens (including phenoxy) is 2. The van der Waals surface area contributed by atoms with E-state index in [0.29, 0.717) is 11.3 Å². The van der Waals surface area contributed by atoms with Crippen LogP contribution in [0.15, 0.2) is 72.8 Å². The molecule has 0 saturated heterocycles. The minimum Gasteiger partial charge on any atom is -0.497 e. The van der Waals surface area contributed by atoms with E-state index in [0.717, 1.165) is 16.9 Å². The van der Waals surface area contributed by atoms with Crippen LogP contribution in [0.4, 0.5) is 5.69 Å². The first-order valence-corrected chi connectivity index (χ1v) is 8.35. The third-order valence-corrected chi connectivity index (χ3v) is 4.11. The van der Waals surface area contributed by atoms with Crippen LogP contribution in [0, 0.1) is 0 Å². The zero-order valence-electron chi connectivity index (χ0n) is 15.1. The van der Waals surface area contributed by atoms with Crippen molar-refractivity contribution >= 4 is 17.6 Å². The number of esters is 1. The molecule has 0 unspecified atom stereocenters.